The Hall–Kier alpha value is -0.590. The monoisotopic (exact) mass is 277 g/mol. The van der Waals surface area contributed by atoms with E-state index in [1.165, 1.54) is 58.2 Å². The predicted octanol–water partition coefficient (Wildman–Crippen LogP) is 3.17. The third-order valence-electron chi connectivity index (χ3n) is 6.28. The highest BCUT2D eigenvalue weighted by molar-refractivity contribution is 5.13. The lowest BCUT2D eigenvalue weighted by atomic mass is 9.82. The van der Waals surface area contributed by atoms with Crippen molar-refractivity contribution in [1.82, 2.24) is 10.2 Å². The molecule has 2 unspecified atom stereocenters. The van der Waals surface area contributed by atoms with Crippen molar-refractivity contribution in [2.24, 2.45) is 11.3 Å². The maximum absolute atomic E-state index is 9.51. The molecule has 2 rings (SSSR count). The molecule has 2 atom stereocenters. The van der Waals surface area contributed by atoms with E-state index in [0.717, 1.165) is 6.42 Å². The third-order valence-corrected chi connectivity index (χ3v) is 6.28. The largest absolute Gasteiger partial charge is 0.303 e. The van der Waals surface area contributed by atoms with Crippen LogP contribution in [0.3, 0.4) is 0 Å². The highest BCUT2D eigenvalue weighted by atomic mass is 15.2. The van der Waals surface area contributed by atoms with E-state index >= 15 is 0 Å². The molecule has 0 amide bonds. The molecule has 1 N–H and O–H groups in total. The molecular formula is C17H31N3. The maximum Gasteiger partial charge on any atom is 0.109 e. The van der Waals surface area contributed by atoms with Gasteiger partial charge < -0.3 is 10.2 Å². The predicted molar refractivity (Wildman–Crippen MR) is 83.4 cm³/mol. The minimum atomic E-state index is -0.244. The highest BCUT2D eigenvalue weighted by Crippen LogP contribution is 2.40. The molecule has 0 aromatic heterocycles. The summed E-state index contributed by atoms with van der Waals surface area (Å²) in [5, 5.41) is 12.8. The summed E-state index contributed by atoms with van der Waals surface area (Å²) in [6.45, 7) is 8.38. The van der Waals surface area contributed by atoms with Gasteiger partial charge in [-0.25, -0.2) is 0 Å². The van der Waals surface area contributed by atoms with Crippen LogP contribution in [0.5, 0.6) is 0 Å². The van der Waals surface area contributed by atoms with Gasteiger partial charge in [0.15, 0.2) is 0 Å². The zero-order valence-electron chi connectivity index (χ0n) is 13.5. The zero-order chi connectivity index (χ0) is 14.6. The van der Waals surface area contributed by atoms with E-state index in [0.29, 0.717) is 11.3 Å². The quantitative estimate of drug-likeness (QED) is 0.810. The Bertz CT molecular complexity index is 356. The molecule has 0 bridgehead atoms. The van der Waals surface area contributed by atoms with E-state index in [2.05, 4.69) is 30.1 Å². The molecule has 20 heavy (non-hydrogen) atoms. The Morgan fingerprint density at radius 1 is 1.30 bits per heavy atom. The van der Waals surface area contributed by atoms with Gasteiger partial charge in [0.1, 0.15) is 5.54 Å². The molecule has 1 heterocycles. The van der Waals surface area contributed by atoms with Gasteiger partial charge >= 0.3 is 0 Å². The standard InChI is InChI=1S/C17H31N3/c1-4-16(5-2)10-12-20(14-16)11-8-15-7-6-9-17(15,13-18)19-3/h15,19H,4-12,14H2,1-3H3. The van der Waals surface area contributed by atoms with Crippen LogP contribution in [0.4, 0.5) is 0 Å². The summed E-state index contributed by atoms with van der Waals surface area (Å²) in [6.07, 6.45) is 8.60. The van der Waals surface area contributed by atoms with Crippen molar-refractivity contribution in [2.75, 3.05) is 26.7 Å². The van der Waals surface area contributed by atoms with Crippen molar-refractivity contribution >= 4 is 0 Å². The number of likely N-dealkylation sites (tertiary alicyclic amines) is 1. The summed E-state index contributed by atoms with van der Waals surface area (Å²) in [6, 6.07) is 2.56. The summed E-state index contributed by atoms with van der Waals surface area (Å²) in [7, 11) is 1.95. The van der Waals surface area contributed by atoms with Crippen molar-refractivity contribution in [2.45, 2.75) is 64.3 Å². The van der Waals surface area contributed by atoms with Crippen molar-refractivity contribution in [3.8, 4) is 6.07 Å². The molecular weight excluding hydrogens is 246 g/mol. The SMILES string of the molecule is CCC1(CC)CCN(CCC2CCCC2(C#N)NC)C1. The van der Waals surface area contributed by atoms with Crippen molar-refractivity contribution in [3.63, 3.8) is 0 Å². The molecule has 1 saturated heterocycles. The number of rotatable bonds is 6. The van der Waals surface area contributed by atoms with Gasteiger partial charge in [-0.1, -0.05) is 20.3 Å². The second kappa shape index (κ2) is 6.45. The summed E-state index contributed by atoms with van der Waals surface area (Å²) in [4.78, 5) is 2.64. The summed E-state index contributed by atoms with van der Waals surface area (Å²) in [5.74, 6) is 0.538. The lowest BCUT2D eigenvalue weighted by Crippen LogP contribution is -2.45. The van der Waals surface area contributed by atoms with Crippen molar-refractivity contribution < 1.29 is 0 Å². The molecule has 2 aliphatic rings. The average Bonchev–Trinajstić information content (AvgIpc) is 3.10. The molecule has 1 aliphatic carbocycles. The van der Waals surface area contributed by atoms with Crippen LogP contribution in [0.25, 0.3) is 0 Å². The lowest BCUT2D eigenvalue weighted by molar-refractivity contribution is 0.217. The van der Waals surface area contributed by atoms with E-state index in [4.69, 9.17) is 0 Å². The fraction of sp³-hybridized carbons (Fsp3) is 0.941. The van der Waals surface area contributed by atoms with Crippen LogP contribution < -0.4 is 5.32 Å². The van der Waals surface area contributed by atoms with Crippen molar-refractivity contribution in [3.05, 3.63) is 0 Å². The molecule has 1 aliphatic heterocycles. The topological polar surface area (TPSA) is 39.1 Å². The summed E-state index contributed by atoms with van der Waals surface area (Å²) < 4.78 is 0. The molecule has 2 fully saturated rings. The van der Waals surface area contributed by atoms with Crippen LogP contribution in [0.15, 0.2) is 0 Å². The molecule has 3 heteroatoms. The smallest absolute Gasteiger partial charge is 0.109 e. The Kier molecular flexibility index (Phi) is 5.09. The second-order valence-corrected chi connectivity index (χ2v) is 6.94. The van der Waals surface area contributed by atoms with Gasteiger partial charge in [0.05, 0.1) is 6.07 Å². The molecule has 0 radical (unpaired) electrons. The van der Waals surface area contributed by atoms with E-state index in [9.17, 15) is 5.26 Å². The fourth-order valence-corrected chi connectivity index (χ4v) is 4.38. The number of hydrogen-bond acceptors (Lipinski definition) is 3. The van der Waals surface area contributed by atoms with Crippen LogP contribution in [-0.4, -0.2) is 37.1 Å². The van der Waals surface area contributed by atoms with Crippen LogP contribution in [0, 0.1) is 22.7 Å². The summed E-state index contributed by atoms with van der Waals surface area (Å²) in [5.41, 5.74) is 0.331. The molecule has 3 nitrogen and oxygen atoms in total. The first-order chi connectivity index (χ1) is 9.63. The maximum atomic E-state index is 9.51. The Balaban J connectivity index is 1.86. The van der Waals surface area contributed by atoms with Crippen molar-refractivity contribution in [1.29, 1.82) is 5.26 Å². The number of nitrogens with zero attached hydrogens (tertiary/aromatic N) is 2. The first-order valence-electron chi connectivity index (χ1n) is 8.46. The molecule has 1 saturated carbocycles. The normalized spacial score (nSPS) is 33.4. The third kappa shape index (κ3) is 2.87. The molecule has 114 valence electrons. The van der Waals surface area contributed by atoms with Gasteiger partial charge in [-0.2, -0.15) is 5.26 Å². The zero-order valence-corrected chi connectivity index (χ0v) is 13.5. The lowest BCUT2D eigenvalue weighted by Gasteiger charge is -2.30. The number of nitrogens with one attached hydrogen (secondary N) is 1. The van der Waals surface area contributed by atoms with Gasteiger partial charge in [-0.15, -0.1) is 0 Å². The molecule has 0 spiro atoms. The fourth-order valence-electron chi connectivity index (χ4n) is 4.38. The van der Waals surface area contributed by atoms with E-state index < -0.39 is 0 Å². The first kappa shape index (κ1) is 15.8. The minimum absolute atomic E-state index is 0.244. The van der Waals surface area contributed by atoms with Gasteiger partial charge in [-0.3, -0.25) is 0 Å². The first-order valence-corrected chi connectivity index (χ1v) is 8.46. The van der Waals surface area contributed by atoms with Crippen LogP contribution in [0.1, 0.15) is 58.8 Å². The number of nitriles is 1. The summed E-state index contributed by atoms with van der Waals surface area (Å²) >= 11 is 0. The van der Waals surface area contributed by atoms with Gasteiger partial charge in [0.25, 0.3) is 0 Å². The van der Waals surface area contributed by atoms with E-state index in [1.807, 2.05) is 7.05 Å². The highest BCUT2D eigenvalue weighted by Gasteiger charge is 2.42. The van der Waals surface area contributed by atoms with Crippen LogP contribution in [-0.2, 0) is 0 Å². The second-order valence-electron chi connectivity index (χ2n) is 6.94. The van der Waals surface area contributed by atoms with E-state index in [-0.39, 0.29) is 5.54 Å². The average molecular weight is 277 g/mol. The Morgan fingerprint density at radius 2 is 2.05 bits per heavy atom. The minimum Gasteiger partial charge on any atom is -0.303 e. The molecule has 0 aromatic rings. The van der Waals surface area contributed by atoms with Gasteiger partial charge in [-0.05, 0) is 70.0 Å². The van der Waals surface area contributed by atoms with Crippen LogP contribution >= 0.6 is 0 Å². The van der Waals surface area contributed by atoms with Crippen LogP contribution in [0.2, 0.25) is 0 Å². The van der Waals surface area contributed by atoms with Gasteiger partial charge in [0.2, 0.25) is 0 Å². The Labute approximate surface area is 124 Å². The Morgan fingerprint density at radius 3 is 2.60 bits per heavy atom. The van der Waals surface area contributed by atoms with Gasteiger partial charge in [0, 0.05) is 6.54 Å². The number of hydrogen-bond donors (Lipinski definition) is 1. The van der Waals surface area contributed by atoms with E-state index in [1.54, 1.807) is 0 Å². The molecule has 0 aromatic carbocycles.